The molecule has 10 heteroatoms. The van der Waals surface area contributed by atoms with Crippen molar-refractivity contribution < 1.29 is 24.5 Å². The molecule has 0 amide bonds. The van der Waals surface area contributed by atoms with Crippen molar-refractivity contribution in [1.82, 2.24) is 14.5 Å². The van der Waals surface area contributed by atoms with Gasteiger partial charge in [0.05, 0.1) is 23.5 Å². The summed E-state index contributed by atoms with van der Waals surface area (Å²) in [5, 5.41) is 29.4. The molecule has 1 aromatic carbocycles. The lowest BCUT2D eigenvalue weighted by Crippen LogP contribution is -2.46. The van der Waals surface area contributed by atoms with Crippen molar-refractivity contribution in [3.8, 4) is 5.75 Å². The Morgan fingerprint density at radius 2 is 1.91 bits per heavy atom. The molecule has 3 N–H and O–H groups in total. The van der Waals surface area contributed by atoms with Crippen LogP contribution in [-0.2, 0) is 13.2 Å². The molecule has 1 aliphatic carbocycles. The summed E-state index contributed by atoms with van der Waals surface area (Å²) in [5.41, 5.74) is 1.62. The van der Waals surface area contributed by atoms with E-state index in [-0.39, 0.29) is 29.3 Å². The summed E-state index contributed by atoms with van der Waals surface area (Å²) in [6.07, 6.45) is 4.83. The van der Waals surface area contributed by atoms with Crippen molar-refractivity contribution in [1.29, 1.82) is 0 Å². The lowest BCUT2D eigenvalue weighted by atomic mass is 10.1. The number of anilines is 1. The molecule has 5 rings (SSSR count). The Bertz CT molecular complexity index is 1380. The van der Waals surface area contributed by atoms with Gasteiger partial charge in [0, 0.05) is 62.1 Å². The molecule has 2 aliphatic rings. The summed E-state index contributed by atoms with van der Waals surface area (Å²) in [7, 11) is 0. The Kier molecular flexibility index (Phi) is 5.94. The van der Waals surface area contributed by atoms with Crippen LogP contribution in [0.15, 0.2) is 29.3 Å². The molecule has 35 heavy (non-hydrogen) atoms. The number of hydrogen-bond donors (Lipinski definition) is 3. The van der Waals surface area contributed by atoms with E-state index in [0.29, 0.717) is 55.2 Å². The van der Waals surface area contributed by atoms with Gasteiger partial charge in [-0.1, -0.05) is 0 Å². The largest absolute Gasteiger partial charge is 0.506 e. The number of carboxylic acids is 1. The van der Waals surface area contributed by atoms with Gasteiger partial charge in [-0.2, -0.15) is 0 Å². The van der Waals surface area contributed by atoms with Crippen molar-refractivity contribution in [3.05, 3.63) is 63.0 Å². The molecule has 1 saturated carbocycles. The molecular weight excluding hydrogens is 455 g/mol. The maximum Gasteiger partial charge on any atom is 0.341 e. The van der Waals surface area contributed by atoms with E-state index in [4.69, 9.17) is 0 Å². The van der Waals surface area contributed by atoms with Crippen LogP contribution in [0.1, 0.15) is 46.1 Å². The molecule has 0 bridgehead atoms. The van der Waals surface area contributed by atoms with E-state index in [2.05, 4.69) is 9.88 Å². The molecule has 2 aromatic heterocycles. The Labute approximate surface area is 200 Å². The number of aromatic carboxylic acids is 1. The number of fused-ring (bicyclic) bond motifs is 1. The minimum Gasteiger partial charge on any atom is -0.506 e. The average Bonchev–Trinajstić information content (AvgIpc) is 3.68. The number of nitrogens with zero attached hydrogens (tertiary/aromatic N) is 4. The van der Waals surface area contributed by atoms with Crippen molar-refractivity contribution in [2.24, 2.45) is 0 Å². The van der Waals surface area contributed by atoms with E-state index in [9.17, 15) is 24.9 Å². The Morgan fingerprint density at radius 3 is 2.54 bits per heavy atom. The molecular formula is C25H27FN4O5. The first-order valence-corrected chi connectivity index (χ1v) is 11.6. The molecule has 3 aromatic rings. The standard InChI is InChI=1S/C25H27FN4O5/c1-14-23(32)19(13-31)15(10-27-14)11-28-4-6-29(7-5-28)22-9-21-17(8-20(22)26)24(33)18(25(34)35)12-30(21)16-2-3-16/h8-10,12,16,31-32H,2-7,11,13H2,1H3,(H,34,35). The third-order valence-corrected chi connectivity index (χ3v) is 6.97. The van der Waals surface area contributed by atoms with Gasteiger partial charge in [-0.25, -0.2) is 9.18 Å². The lowest BCUT2D eigenvalue weighted by Gasteiger charge is -2.36. The topological polar surface area (TPSA) is 119 Å². The first-order chi connectivity index (χ1) is 16.8. The van der Waals surface area contributed by atoms with Gasteiger partial charge < -0.3 is 24.8 Å². The highest BCUT2D eigenvalue weighted by Gasteiger charge is 2.28. The van der Waals surface area contributed by atoms with E-state index in [1.165, 1.54) is 12.3 Å². The van der Waals surface area contributed by atoms with E-state index >= 15 is 4.39 Å². The van der Waals surface area contributed by atoms with Crippen LogP contribution in [0.4, 0.5) is 10.1 Å². The highest BCUT2D eigenvalue weighted by molar-refractivity contribution is 5.93. The summed E-state index contributed by atoms with van der Waals surface area (Å²) in [6, 6.07) is 2.95. The molecule has 9 nitrogen and oxygen atoms in total. The van der Waals surface area contributed by atoms with Crippen molar-refractivity contribution in [2.45, 2.75) is 39.0 Å². The number of carbonyl (C=O) groups is 1. The molecule has 0 atom stereocenters. The van der Waals surface area contributed by atoms with Crippen LogP contribution >= 0.6 is 0 Å². The maximum absolute atomic E-state index is 15.2. The number of benzene rings is 1. The zero-order valence-electron chi connectivity index (χ0n) is 19.4. The minimum absolute atomic E-state index is 0.00892. The predicted molar refractivity (Wildman–Crippen MR) is 127 cm³/mol. The third kappa shape index (κ3) is 4.23. The van der Waals surface area contributed by atoms with Crippen molar-refractivity contribution in [2.75, 3.05) is 31.1 Å². The number of pyridine rings is 2. The Morgan fingerprint density at radius 1 is 1.20 bits per heavy atom. The number of aromatic nitrogens is 2. The number of rotatable bonds is 6. The number of halogens is 1. The number of aryl methyl sites for hydroxylation is 1. The summed E-state index contributed by atoms with van der Waals surface area (Å²) in [4.78, 5) is 32.5. The van der Waals surface area contributed by atoms with Gasteiger partial charge in [0.25, 0.3) is 0 Å². The van der Waals surface area contributed by atoms with Crippen LogP contribution in [0.2, 0.25) is 0 Å². The molecule has 0 radical (unpaired) electrons. The molecule has 3 heterocycles. The normalized spacial score (nSPS) is 16.7. The number of aliphatic hydroxyl groups is 1. The monoisotopic (exact) mass is 482 g/mol. The number of piperazine rings is 1. The van der Waals surface area contributed by atoms with Gasteiger partial charge in [0.2, 0.25) is 5.43 Å². The Hall–Kier alpha value is -3.50. The van der Waals surface area contributed by atoms with Crippen LogP contribution in [0.3, 0.4) is 0 Å². The molecule has 0 unspecified atom stereocenters. The van der Waals surface area contributed by atoms with Gasteiger partial charge in [-0.15, -0.1) is 0 Å². The van der Waals surface area contributed by atoms with E-state index in [1.807, 2.05) is 4.90 Å². The molecule has 2 fully saturated rings. The zero-order valence-corrected chi connectivity index (χ0v) is 19.4. The smallest absolute Gasteiger partial charge is 0.341 e. The van der Waals surface area contributed by atoms with Crippen molar-refractivity contribution in [3.63, 3.8) is 0 Å². The van der Waals surface area contributed by atoms with E-state index in [0.717, 1.165) is 18.4 Å². The van der Waals surface area contributed by atoms with Crippen LogP contribution in [0.25, 0.3) is 10.9 Å². The van der Waals surface area contributed by atoms with E-state index in [1.54, 1.807) is 23.8 Å². The fraction of sp³-hybridized carbons (Fsp3) is 0.400. The van der Waals surface area contributed by atoms with Gasteiger partial charge in [-0.05, 0) is 37.5 Å². The number of aromatic hydroxyl groups is 1. The summed E-state index contributed by atoms with van der Waals surface area (Å²) in [6.45, 7) is 4.25. The molecule has 1 aliphatic heterocycles. The van der Waals surface area contributed by atoms with Crippen LogP contribution in [0.5, 0.6) is 5.75 Å². The summed E-state index contributed by atoms with van der Waals surface area (Å²) in [5.74, 6) is -1.86. The molecule has 0 spiro atoms. The lowest BCUT2D eigenvalue weighted by molar-refractivity contribution is 0.0695. The average molecular weight is 483 g/mol. The maximum atomic E-state index is 15.2. The molecule has 1 saturated heterocycles. The second-order valence-corrected chi connectivity index (χ2v) is 9.25. The SMILES string of the molecule is Cc1ncc(CN2CCN(c3cc4c(cc3F)c(=O)c(C(=O)O)cn4C3CC3)CC2)c(CO)c1O. The van der Waals surface area contributed by atoms with Gasteiger partial charge in [0.1, 0.15) is 17.1 Å². The first kappa shape index (κ1) is 23.3. The van der Waals surface area contributed by atoms with Crippen LogP contribution < -0.4 is 10.3 Å². The summed E-state index contributed by atoms with van der Waals surface area (Å²) >= 11 is 0. The highest BCUT2D eigenvalue weighted by atomic mass is 19.1. The third-order valence-electron chi connectivity index (χ3n) is 6.97. The van der Waals surface area contributed by atoms with Crippen LogP contribution in [0, 0.1) is 12.7 Å². The number of carboxylic acid groups (broad SMARTS) is 1. The van der Waals surface area contributed by atoms with Gasteiger partial charge in [0.15, 0.2) is 0 Å². The second kappa shape index (κ2) is 8.94. The minimum atomic E-state index is -1.31. The second-order valence-electron chi connectivity index (χ2n) is 9.25. The fourth-order valence-corrected chi connectivity index (χ4v) is 4.79. The predicted octanol–water partition coefficient (Wildman–Crippen LogP) is 2.40. The Balaban J connectivity index is 1.40. The van der Waals surface area contributed by atoms with Gasteiger partial charge in [-0.3, -0.25) is 14.7 Å². The zero-order chi connectivity index (χ0) is 24.9. The van der Waals surface area contributed by atoms with Gasteiger partial charge >= 0.3 is 5.97 Å². The van der Waals surface area contributed by atoms with Crippen molar-refractivity contribution >= 4 is 22.6 Å². The summed E-state index contributed by atoms with van der Waals surface area (Å²) < 4.78 is 17.0. The first-order valence-electron chi connectivity index (χ1n) is 11.6. The fourth-order valence-electron chi connectivity index (χ4n) is 4.79. The number of hydrogen-bond acceptors (Lipinski definition) is 7. The quantitative estimate of drug-likeness (QED) is 0.490. The molecule has 184 valence electrons. The van der Waals surface area contributed by atoms with Crippen LogP contribution in [-0.4, -0.2) is 61.9 Å². The van der Waals surface area contributed by atoms with E-state index < -0.39 is 17.2 Å². The number of aliphatic hydroxyl groups excluding tert-OH is 1. The highest BCUT2D eigenvalue weighted by Crippen LogP contribution is 2.38.